The van der Waals surface area contributed by atoms with Crippen LogP contribution in [-0.2, 0) is 22.5 Å². The van der Waals surface area contributed by atoms with E-state index in [1.54, 1.807) is 12.1 Å². The van der Waals surface area contributed by atoms with Crippen LogP contribution in [0.5, 0.6) is 0 Å². The highest BCUT2D eigenvalue weighted by Gasteiger charge is 2.22. The van der Waals surface area contributed by atoms with Crippen LogP contribution in [0.3, 0.4) is 0 Å². The first-order valence-electron chi connectivity index (χ1n) is 6.76. The first kappa shape index (κ1) is 17.2. The largest absolute Gasteiger partial charge is 0.323 e. The van der Waals surface area contributed by atoms with Crippen molar-refractivity contribution in [2.75, 3.05) is 0 Å². The quantitative estimate of drug-likeness (QED) is 0.823. The third-order valence-electron chi connectivity index (χ3n) is 3.30. The van der Waals surface area contributed by atoms with Gasteiger partial charge in [0.05, 0.1) is 4.90 Å². The van der Waals surface area contributed by atoms with E-state index >= 15 is 0 Å². The molecule has 1 aromatic heterocycles. The van der Waals surface area contributed by atoms with Crippen molar-refractivity contribution >= 4 is 33.0 Å². The molecule has 0 fully saturated rings. The molecule has 0 saturated heterocycles. The second-order valence-electron chi connectivity index (χ2n) is 6.13. The highest BCUT2D eigenvalue weighted by atomic mass is 35.5. The van der Waals surface area contributed by atoms with Crippen LogP contribution < -0.4 is 4.80 Å². The molecule has 0 saturated carbocycles. The Bertz CT molecular complexity index is 854. The maximum Gasteiger partial charge on any atom is 0.285 e. The van der Waals surface area contributed by atoms with Crippen LogP contribution in [0.15, 0.2) is 33.6 Å². The van der Waals surface area contributed by atoms with Gasteiger partial charge < -0.3 is 4.57 Å². The lowest BCUT2D eigenvalue weighted by molar-refractivity contribution is 0.592. The van der Waals surface area contributed by atoms with Crippen LogP contribution in [0.2, 0.25) is 5.02 Å². The van der Waals surface area contributed by atoms with Gasteiger partial charge in [0.25, 0.3) is 10.0 Å². The van der Waals surface area contributed by atoms with Crippen molar-refractivity contribution in [3.63, 3.8) is 0 Å². The SMILES string of the molecule is Cc1c(C(C)(C)C)s/c(=N\S(=O)(=O)c2ccc(Cl)cc2)n1C. The van der Waals surface area contributed by atoms with Gasteiger partial charge in [0.2, 0.25) is 4.80 Å². The fourth-order valence-electron chi connectivity index (χ4n) is 2.07. The molecule has 0 N–H and O–H groups in total. The number of sulfonamides is 1. The molecule has 120 valence electrons. The fourth-order valence-corrected chi connectivity index (χ4v) is 4.60. The Morgan fingerprint density at radius 2 is 1.73 bits per heavy atom. The van der Waals surface area contributed by atoms with E-state index in [4.69, 9.17) is 11.6 Å². The lowest BCUT2D eigenvalue weighted by atomic mass is 9.93. The summed E-state index contributed by atoms with van der Waals surface area (Å²) in [5, 5.41) is 0.492. The molecule has 2 aromatic rings. The molecule has 0 amide bonds. The monoisotopic (exact) mass is 358 g/mol. The number of hydrogen-bond donors (Lipinski definition) is 0. The van der Waals surface area contributed by atoms with Gasteiger partial charge in [-0.25, -0.2) is 0 Å². The Labute approximate surface area is 140 Å². The van der Waals surface area contributed by atoms with E-state index in [2.05, 4.69) is 25.2 Å². The van der Waals surface area contributed by atoms with Crippen molar-refractivity contribution in [3.8, 4) is 0 Å². The van der Waals surface area contributed by atoms with Gasteiger partial charge in [-0.1, -0.05) is 32.4 Å². The van der Waals surface area contributed by atoms with Gasteiger partial charge in [-0.2, -0.15) is 8.42 Å². The summed E-state index contributed by atoms with van der Waals surface area (Å²) in [6, 6.07) is 6.02. The van der Waals surface area contributed by atoms with Gasteiger partial charge >= 0.3 is 0 Å². The molecule has 1 heterocycles. The third kappa shape index (κ3) is 3.45. The Balaban J connectivity index is 2.61. The zero-order valence-corrected chi connectivity index (χ0v) is 15.6. The van der Waals surface area contributed by atoms with E-state index in [1.165, 1.54) is 23.5 Å². The van der Waals surface area contributed by atoms with Gasteiger partial charge in [-0.05, 0) is 36.6 Å². The predicted octanol–water partition coefficient (Wildman–Crippen LogP) is 3.64. The van der Waals surface area contributed by atoms with Gasteiger partial charge in [0, 0.05) is 22.6 Å². The molecule has 0 aliphatic rings. The minimum absolute atomic E-state index is 0.0513. The number of benzene rings is 1. The Morgan fingerprint density at radius 1 is 1.18 bits per heavy atom. The predicted molar refractivity (Wildman–Crippen MR) is 90.9 cm³/mol. The average Bonchev–Trinajstić information content (AvgIpc) is 2.67. The minimum atomic E-state index is -3.75. The summed E-state index contributed by atoms with van der Waals surface area (Å²) >= 11 is 7.20. The number of aromatic nitrogens is 1. The van der Waals surface area contributed by atoms with Gasteiger partial charge in [-0.15, -0.1) is 15.7 Å². The van der Waals surface area contributed by atoms with Crippen LogP contribution in [0.4, 0.5) is 0 Å². The molecular formula is C15H19ClN2O2S2. The highest BCUT2D eigenvalue weighted by molar-refractivity contribution is 7.90. The maximum absolute atomic E-state index is 12.4. The molecule has 4 nitrogen and oxygen atoms in total. The summed E-state index contributed by atoms with van der Waals surface area (Å²) in [4.78, 5) is 1.73. The molecule has 0 atom stereocenters. The average molecular weight is 359 g/mol. The summed E-state index contributed by atoms with van der Waals surface area (Å²) in [5.41, 5.74) is 0.979. The summed E-state index contributed by atoms with van der Waals surface area (Å²) in [7, 11) is -1.91. The van der Waals surface area contributed by atoms with Crippen LogP contribution in [-0.4, -0.2) is 13.0 Å². The van der Waals surface area contributed by atoms with Crippen molar-refractivity contribution in [3.05, 3.63) is 44.7 Å². The lowest BCUT2D eigenvalue weighted by Gasteiger charge is -2.17. The number of thiazole rings is 1. The molecular weight excluding hydrogens is 340 g/mol. The normalized spacial score (nSPS) is 13.6. The Morgan fingerprint density at radius 3 is 2.18 bits per heavy atom. The highest BCUT2D eigenvalue weighted by Crippen LogP contribution is 2.28. The van der Waals surface area contributed by atoms with E-state index in [-0.39, 0.29) is 10.3 Å². The number of halogens is 1. The molecule has 0 radical (unpaired) electrons. The zero-order valence-electron chi connectivity index (χ0n) is 13.2. The molecule has 0 aliphatic carbocycles. The summed E-state index contributed by atoms with van der Waals surface area (Å²) in [6.07, 6.45) is 0. The van der Waals surface area contributed by atoms with Crippen LogP contribution in [0.1, 0.15) is 31.3 Å². The number of hydrogen-bond acceptors (Lipinski definition) is 3. The maximum atomic E-state index is 12.4. The van der Waals surface area contributed by atoms with Crippen molar-refractivity contribution in [1.82, 2.24) is 4.57 Å². The van der Waals surface area contributed by atoms with Gasteiger partial charge in [0.15, 0.2) is 0 Å². The van der Waals surface area contributed by atoms with E-state index in [0.717, 1.165) is 10.6 Å². The topological polar surface area (TPSA) is 51.4 Å². The second kappa shape index (κ2) is 5.83. The molecule has 1 aromatic carbocycles. The van der Waals surface area contributed by atoms with E-state index in [9.17, 15) is 8.42 Å². The summed E-state index contributed by atoms with van der Waals surface area (Å²) in [5.74, 6) is 0. The third-order valence-corrected chi connectivity index (χ3v) is 6.61. The van der Waals surface area contributed by atoms with Crippen molar-refractivity contribution in [2.24, 2.45) is 11.4 Å². The first-order valence-corrected chi connectivity index (χ1v) is 9.39. The smallest absolute Gasteiger partial charge is 0.285 e. The Kier molecular flexibility index (Phi) is 4.57. The molecule has 2 rings (SSSR count). The molecule has 0 bridgehead atoms. The number of nitrogens with zero attached hydrogens (tertiary/aromatic N) is 2. The molecule has 22 heavy (non-hydrogen) atoms. The lowest BCUT2D eigenvalue weighted by Crippen LogP contribution is -2.15. The van der Waals surface area contributed by atoms with E-state index < -0.39 is 10.0 Å². The van der Waals surface area contributed by atoms with Crippen LogP contribution in [0.25, 0.3) is 0 Å². The molecule has 0 spiro atoms. The first-order chi connectivity index (χ1) is 10.0. The zero-order chi connectivity index (χ0) is 16.7. The molecule has 0 aliphatic heterocycles. The summed E-state index contributed by atoms with van der Waals surface area (Å²) in [6.45, 7) is 8.28. The van der Waals surface area contributed by atoms with Crippen molar-refractivity contribution < 1.29 is 8.42 Å². The fraction of sp³-hybridized carbons (Fsp3) is 0.400. The van der Waals surface area contributed by atoms with Gasteiger partial charge in [0.1, 0.15) is 0 Å². The number of rotatable bonds is 2. The minimum Gasteiger partial charge on any atom is -0.323 e. The summed E-state index contributed by atoms with van der Waals surface area (Å²) < 4.78 is 30.7. The van der Waals surface area contributed by atoms with Crippen molar-refractivity contribution in [2.45, 2.75) is 38.0 Å². The Hall–Kier alpha value is -1.11. The van der Waals surface area contributed by atoms with Crippen LogP contribution >= 0.6 is 22.9 Å². The molecule has 0 unspecified atom stereocenters. The van der Waals surface area contributed by atoms with Gasteiger partial charge in [-0.3, -0.25) is 0 Å². The second-order valence-corrected chi connectivity index (χ2v) is 9.15. The standard InChI is InChI=1S/C15H19ClN2O2S2/c1-10-13(15(2,3)4)21-14(18(10)5)17-22(19,20)12-8-6-11(16)7-9-12/h6-9H,1-5H3/b17-14-. The van der Waals surface area contributed by atoms with Crippen molar-refractivity contribution in [1.29, 1.82) is 0 Å². The molecule has 7 heteroatoms. The van der Waals surface area contributed by atoms with E-state index in [1.807, 2.05) is 18.5 Å². The van der Waals surface area contributed by atoms with E-state index in [0.29, 0.717) is 9.82 Å². The van der Waals surface area contributed by atoms with Crippen LogP contribution in [0, 0.1) is 6.92 Å².